The minimum atomic E-state index is -0.833. The number of rotatable bonds is 0. The molecule has 0 aliphatic rings. The molecule has 0 saturated carbocycles. The zero-order chi connectivity index (χ0) is 3.58. The Morgan fingerprint density at radius 3 is 1.67 bits per heavy atom. The van der Waals surface area contributed by atoms with Gasteiger partial charge in [0.1, 0.15) is 0 Å². The van der Waals surface area contributed by atoms with Gasteiger partial charge in [0.05, 0.1) is 0 Å². The summed E-state index contributed by atoms with van der Waals surface area (Å²) in [7, 11) is 0. The third kappa shape index (κ3) is 52.1. The summed E-state index contributed by atoms with van der Waals surface area (Å²) in [5, 5.41) is 7.42. The van der Waals surface area contributed by atoms with Gasteiger partial charge in [-0.25, -0.2) is 0 Å². The van der Waals surface area contributed by atoms with Crippen LogP contribution in [0.3, 0.4) is 0 Å². The van der Waals surface area contributed by atoms with Gasteiger partial charge in [-0.05, 0) is 0 Å². The summed E-state index contributed by atoms with van der Waals surface area (Å²) < 4.78 is -0.833. The molecule has 0 aromatic rings. The second-order valence-corrected chi connectivity index (χ2v) is 1.20. The summed E-state index contributed by atoms with van der Waals surface area (Å²) in [6.45, 7) is 0. The van der Waals surface area contributed by atoms with Gasteiger partial charge in [-0.2, -0.15) is 0 Å². The van der Waals surface area contributed by atoms with Crippen LogP contribution in [0.15, 0.2) is 0 Å². The summed E-state index contributed by atoms with van der Waals surface area (Å²) in [5.74, 6) is 0. The van der Waals surface area contributed by atoms with Crippen molar-refractivity contribution < 1.29 is 9.90 Å². The Hall–Kier alpha value is 1.43. The molecule has 0 aromatic heterocycles. The van der Waals surface area contributed by atoms with Crippen LogP contribution in [0.5, 0.6) is 0 Å². The Labute approximate surface area is 74.2 Å². The average molecular weight is 411 g/mol. The summed E-state index contributed by atoms with van der Waals surface area (Å²) >= 11 is 1.08. The van der Waals surface area contributed by atoms with E-state index in [2.05, 4.69) is 0 Å². The van der Waals surface area contributed by atoms with Crippen molar-refractivity contribution >= 4 is 64.9 Å². The van der Waals surface area contributed by atoms with Gasteiger partial charge in [0, 0.05) is 0 Å². The van der Waals surface area contributed by atoms with Crippen LogP contribution in [0.2, 0.25) is 0 Å². The fourth-order valence-electron chi connectivity index (χ4n) is 0. The molecule has 0 fully saturated rings. The first kappa shape index (κ1) is 15.7. The quantitative estimate of drug-likeness (QED) is 0.482. The van der Waals surface area contributed by atoms with E-state index >= 15 is 0 Å². The molecular formula is CH4AsBiO2Se. The summed E-state index contributed by atoms with van der Waals surface area (Å²) in [6, 6.07) is 0. The van der Waals surface area contributed by atoms with Gasteiger partial charge in [0.15, 0.2) is 0 Å². The van der Waals surface area contributed by atoms with E-state index in [9.17, 15) is 0 Å². The van der Waals surface area contributed by atoms with Gasteiger partial charge in [0.2, 0.25) is 0 Å². The van der Waals surface area contributed by atoms with E-state index in [4.69, 9.17) is 9.90 Å². The molecule has 0 saturated heterocycles. The van der Waals surface area contributed by atoms with Crippen LogP contribution in [0.1, 0.15) is 0 Å². The maximum absolute atomic E-state index is 9.00. The van der Waals surface area contributed by atoms with Crippen molar-refractivity contribution in [2.45, 2.75) is 0 Å². The van der Waals surface area contributed by atoms with Crippen LogP contribution in [0.4, 0.5) is 4.79 Å². The predicted molar refractivity (Wildman–Crippen MR) is 29.5 cm³/mol. The molecule has 0 atom stereocenters. The van der Waals surface area contributed by atoms with Crippen molar-refractivity contribution in [3.8, 4) is 0 Å². The maximum atomic E-state index is 9.00. The second-order valence-electron chi connectivity index (χ2n) is 0.305. The molecule has 0 spiro atoms. The molecular weight excluding hydrogens is 407 g/mol. The Kier molecular flexibility index (Phi) is 25.2. The van der Waals surface area contributed by atoms with E-state index < -0.39 is 4.76 Å². The van der Waals surface area contributed by atoms with Crippen LogP contribution in [0, 0.1) is 0 Å². The number of carboxylic acid groups (broad SMARTS) is 1. The molecule has 0 rings (SSSR count). The molecule has 1 N–H and O–H groups in total. The molecule has 0 amide bonds. The SMILES string of the molecule is O=C(O)[AsH].[BiH].[SeH]. The van der Waals surface area contributed by atoms with Gasteiger partial charge < -0.3 is 0 Å². The molecule has 0 bridgehead atoms. The van der Waals surface area contributed by atoms with E-state index in [-0.39, 0.29) is 43.3 Å². The van der Waals surface area contributed by atoms with Gasteiger partial charge in [-0.1, -0.05) is 0 Å². The van der Waals surface area contributed by atoms with E-state index in [1.165, 1.54) is 0 Å². The summed E-state index contributed by atoms with van der Waals surface area (Å²) in [5.41, 5.74) is 0. The summed E-state index contributed by atoms with van der Waals surface area (Å²) in [4.78, 5) is 9.00. The Bertz CT molecular complexity index is 36.5. The van der Waals surface area contributed by atoms with Crippen molar-refractivity contribution in [1.29, 1.82) is 0 Å². The van der Waals surface area contributed by atoms with Crippen LogP contribution in [-0.2, 0) is 0 Å². The fourth-order valence-corrected chi connectivity index (χ4v) is 0. The fraction of sp³-hybridized carbons (Fsp3) is 0. The topological polar surface area (TPSA) is 37.3 Å². The first-order valence-corrected chi connectivity index (χ1v) is 1.73. The van der Waals surface area contributed by atoms with Gasteiger partial charge in [0.25, 0.3) is 0 Å². The molecule has 2 nitrogen and oxygen atoms in total. The molecule has 4 radical (unpaired) electrons. The minimum absolute atomic E-state index is 0. The molecule has 6 heavy (non-hydrogen) atoms. The van der Waals surface area contributed by atoms with Crippen molar-refractivity contribution in [1.82, 2.24) is 0 Å². The molecule has 0 heterocycles. The predicted octanol–water partition coefficient (Wildman–Crippen LogP) is -1.73. The molecule has 0 aliphatic carbocycles. The summed E-state index contributed by atoms with van der Waals surface area (Å²) in [6.07, 6.45) is 0. The van der Waals surface area contributed by atoms with Crippen molar-refractivity contribution in [2.24, 2.45) is 0 Å². The van der Waals surface area contributed by atoms with Gasteiger partial charge in [-0.15, -0.1) is 0 Å². The zero-order valence-electron chi connectivity index (χ0n) is 2.80. The molecule has 0 aliphatic heterocycles. The van der Waals surface area contributed by atoms with Crippen molar-refractivity contribution in [2.75, 3.05) is 0 Å². The Morgan fingerprint density at radius 2 is 1.67 bits per heavy atom. The van der Waals surface area contributed by atoms with E-state index in [0.717, 1.165) is 16.9 Å². The van der Waals surface area contributed by atoms with Gasteiger partial charge >= 0.3 is 74.8 Å². The van der Waals surface area contributed by atoms with Crippen molar-refractivity contribution in [3.05, 3.63) is 0 Å². The average Bonchev–Trinajstić information content (AvgIpc) is 0.811. The zero-order valence-corrected chi connectivity index (χ0v) is 10.7. The third-order valence-electron chi connectivity index (χ3n) is 0. The second kappa shape index (κ2) is 9.66. The van der Waals surface area contributed by atoms with E-state index in [0.29, 0.717) is 0 Å². The van der Waals surface area contributed by atoms with E-state index in [1.54, 1.807) is 0 Å². The van der Waals surface area contributed by atoms with Crippen LogP contribution in [0.25, 0.3) is 0 Å². The normalized spacial score (nSPS) is 4.17. The van der Waals surface area contributed by atoms with E-state index in [1.807, 2.05) is 0 Å². The van der Waals surface area contributed by atoms with Crippen molar-refractivity contribution in [3.63, 3.8) is 0 Å². The molecule has 0 unspecified atom stereocenters. The number of carbonyl (C=O) groups is 1. The Balaban J connectivity index is -0.0000000450. The van der Waals surface area contributed by atoms with Crippen LogP contribution >= 0.6 is 0 Å². The van der Waals surface area contributed by atoms with Crippen LogP contribution < -0.4 is 0 Å². The van der Waals surface area contributed by atoms with Gasteiger partial charge in [-0.3, -0.25) is 0 Å². The molecule has 36 valence electrons. The third-order valence-corrected chi connectivity index (χ3v) is 0. The Morgan fingerprint density at radius 1 is 1.67 bits per heavy atom. The first-order chi connectivity index (χ1) is 1.73. The standard InChI is InChI=1S/CH2AsO2.Bi.HSe.H/c2-1(3)4;;;/h2H,(H,3,4);;1H;. The molecule has 5 heteroatoms. The number of hydrogen-bond donors (Lipinski definition) is 1. The molecule has 0 aromatic carbocycles. The first-order valence-electron chi connectivity index (χ1n) is 0.678. The van der Waals surface area contributed by atoms with Crippen LogP contribution in [-0.4, -0.2) is 70.0 Å². The number of hydrogen-bond acceptors (Lipinski definition) is 1. The monoisotopic (exact) mass is 412 g/mol.